The van der Waals surface area contributed by atoms with Crippen LogP contribution in [0.4, 0.5) is 32.0 Å². The summed E-state index contributed by atoms with van der Waals surface area (Å²) in [5.74, 6) is 0. The van der Waals surface area contributed by atoms with Crippen LogP contribution in [0.2, 0.25) is 0 Å². The van der Waals surface area contributed by atoms with Gasteiger partial charge in [-0.25, -0.2) is 14.2 Å². The number of alkyl halides is 6. The largest absolute Gasteiger partial charge is 0.456 e. The maximum absolute atomic E-state index is 14.6. The molecule has 0 saturated carbocycles. The molecule has 0 aliphatic heterocycles. The Bertz CT molecular complexity index is 2610. The van der Waals surface area contributed by atoms with Gasteiger partial charge < -0.3 is 8.83 Å². The summed E-state index contributed by atoms with van der Waals surface area (Å²) in [6, 6.07) is 20.8. The smallest absolute Gasteiger partial charge is 0.419 e. The van der Waals surface area contributed by atoms with E-state index in [0.717, 1.165) is 21.8 Å². The number of fused-ring (bicyclic) bond motifs is 6. The van der Waals surface area contributed by atoms with Gasteiger partial charge in [-0.3, -0.25) is 0 Å². The number of benzene rings is 4. The Morgan fingerprint density at radius 3 is 1.53 bits per heavy atom. The number of nitriles is 1. The van der Waals surface area contributed by atoms with Crippen LogP contribution in [-0.4, -0.2) is 19.6 Å². The Balaban J connectivity index is 1.27. The van der Waals surface area contributed by atoms with Crippen molar-refractivity contribution in [1.29, 1.82) is 5.26 Å². The Labute approximate surface area is 283 Å². The Kier molecular flexibility index (Phi) is 6.67. The average Bonchev–Trinajstić information content (AvgIpc) is 3.89. The van der Waals surface area contributed by atoms with Crippen molar-refractivity contribution in [3.63, 3.8) is 0 Å². The summed E-state index contributed by atoms with van der Waals surface area (Å²) in [5, 5.41) is 20.0. The minimum absolute atomic E-state index is 0.184. The van der Waals surface area contributed by atoms with E-state index in [4.69, 9.17) is 15.4 Å². The minimum atomic E-state index is -4.99. The van der Waals surface area contributed by atoms with E-state index in [1.807, 2.05) is 6.07 Å². The topological polar surface area (TPSA) is 90.1 Å². The van der Waals surface area contributed by atoms with E-state index in [1.165, 1.54) is 26.0 Å². The molecule has 0 atom stereocenters. The van der Waals surface area contributed by atoms with Crippen LogP contribution >= 0.6 is 0 Å². The van der Waals surface area contributed by atoms with E-state index in [9.17, 15) is 31.6 Å². The lowest BCUT2D eigenvalue weighted by Crippen LogP contribution is -2.27. The molecule has 51 heavy (non-hydrogen) atoms. The van der Waals surface area contributed by atoms with Gasteiger partial charge in [-0.2, -0.15) is 41.8 Å². The van der Waals surface area contributed by atoms with E-state index in [2.05, 4.69) is 15.0 Å². The minimum Gasteiger partial charge on any atom is -0.456 e. The number of furan rings is 2. The molecule has 0 unspecified atom stereocenters. The molecule has 8 rings (SSSR count). The maximum Gasteiger partial charge on any atom is 0.419 e. The summed E-state index contributed by atoms with van der Waals surface area (Å²) in [6.45, 7) is 9.75. The molecule has 4 aromatic heterocycles. The van der Waals surface area contributed by atoms with Crippen molar-refractivity contribution < 1.29 is 35.2 Å². The van der Waals surface area contributed by atoms with Gasteiger partial charge in [0.05, 0.1) is 57.5 Å². The third-order valence-electron chi connectivity index (χ3n) is 8.90. The number of hydrogen-bond acceptors (Lipinski definition) is 5. The molecular formula is C37H20F6N6O2. The first-order valence-corrected chi connectivity index (χ1v) is 15.2. The Morgan fingerprint density at radius 1 is 0.647 bits per heavy atom. The van der Waals surface area contributed by atoms with Crippen LogP contribution in [0.15, 0.2) is 94.0 Å². The van der Waals surface area contributed by atoms with Crippen LogP contribution in [-0.2, 0) is 17.8 Å². The predicted molar refractivity (Wildman–Crippen MR) is 175 cm³/mol. The molecule has 8 nitrogen and oxygen atoms in total. The maximum atomic E-state index is 14.6. The Hall–Kier alpha value is -6.54. The van der Waals surface area contributed by atoms with Gasteiger partial charge in [0.25, 0.3) is 0 Å². The summed E-state index contributed by atoms with van der Waals surface area (Å²) >= 11 is 0. The summed E-state index contributed by atoms with van der Waals surface area (Å²) < 4.78 is 101. The van der Waals surface area contributed by atoms with E-state index in [0.29, 0.717) is 55.1 Å². The van der Waals surface area contributed by atoms with Crippen LogP contribution in [0.5, 0.6) is 0 Å². The predicted octanol–water partition coefficient (Wildman–Crippen LogP) is 10.6. The number of rotatable bonds is 4. The number of hydrogen-bond donors (Lipinski definition) is 0. The van der Waals surface area contributed by atoms with Gasteiger partial charge in [-0.15, -0.1) is 0 Å². The number of halogens is 6. The van der Waals surface area contributed by atoms with Crippen LogP contribution in [0.25, 0.3) is 60.1 Å². The fraction of sp³-hybridized carbons (Fsp3) is 0.135. The van der Waals surface area contributed by atoms with Crippen molar-refractivity contribution in [2.24, 2.45) is 0 Å². The normalized spacial score (nSPS) is 12.7. The molecule has 14 heteroatoms. The zero-order valence-corrected chi connectivity index (χ0v) is 26.4. The van der Waals surface area contributed by atoms with Crippen LogP contribution < -0.4 is 0 Å². The second-order valence-corrected chi connectivity index (χ2v) is 12.5. The molecule has 0 aliphatic carbocycles. The lowest BCUT2D eigenvalue weighted by Gasteiger charge is -2.24. The second kappa shape index (κ2) is 10.7. The molecule has 4 heterocycles. The van der Waals surface area contributed by atoms with Gasteiger partial charge in [0.1, 0.15) is 22.3 Å². The van der Waals surface area contributed by atoms with Crippen molar-refractivity contribution in [2.45, 2.75) is 31.6 Å². The zero-order chi connectivity index (χ0) is 36.0. The van der Waals surface area contributed by atoms with Gasteiger partial charge in [0.2, 0.25) is 0 Å². The molecule has 8 aromatic rings. The first kappa shape index (κ1) is 31.7. The van der Waals surface area contributed by atoms with E-state index >= 15 is 0 Å². The second-order valence-electron chi connectivity index (χ2n) is 12.5. The lowest BCUT2D eigenvalue weighted by molar-refractivity contribution is -0.139. The molecule has 0 aliphatic rings. The van der Waals surface area contributed by atoms with Crippen molar-refractivity contribution in [2.75, 3.05) is 0 Å². The summed E-state index contributed by atoms with van der Waals surface area (Å²) in [7, 11) is 0. The lowest BCUT2D eigenvalue weighted by atomic mass is 9.81. The monoisotopic (exact) mass is 694 g/mol. The molecule has 0 saturated heterocycles. The van der Waals surface area contributed by atoms with E-state index in [1.54, 1.807) is 60.7 Å². The SMILES string of the molecule is [C-]#[N+]c1ccc2oc3ccc(-n4cc(C(F)(F)F)c(C(C)(C)c5nn(-c6ccc7oc8ccc(C#N)cc8c7c6)cc5C(F)(F)F)n4)cc3c2c1. The van der Waals surface area contributed by atoms with Crippen molar-refractivity contribution in [1.82, 2.24) is 19.6 Å². The van der Waals surface area contributed by atoms with Gasteiger partial charge in [0.15, 0.2) is 5.69 Å². The van der Waals surface area contributed by atoms with Gasteiger partial charge in [-0.05, 0) is 80.6 Å². The zero-order valence-electron chi connectivity index (χ0n) is 26.4. The standard InChI is InChI=1S/C37H20F6N6O2/c1-35(2,33-27(36(38,39)40)17-48(46-33)21-6-10-31-25(14-21)23-12-19(16-44)4-8-29(23)50-31)34-28(37(41,42)43)18-49(47-34)22-7-11-32-26(15-22)24-13-20(45-3)5-9-30(24)51-32/h4-15,17-18H,1-2H3. The first-order valence-electron chi connectivity index (χ1n) is 15.2. The van der Waals surface area contributed by atoms with Crippen LogP contribution in [0.3, 0.4) is 0 Å². The molecule has 0 N–H and O–H groups in total. The first-order chi connectivity index (χ1) is 24.1. The highest BCUT2D eigenvalue weighted by atomic mass is 19.4. The molecule has 0 bridgehead atoms. The molecule has 0 fully saturated rings. The van der Waals surface area contributed by atoms with Gasteiger partial charge in [-0.1, -0.05) is 6.07 Å². The molecule has 0 spiro atoms. The van der Waals surface area contributed by atoms with Crippen molar-refractivity contribution in [3.05, 3.63) is 125 Å². The summed E-state index contributed by atoms with van der Waals surface area (Å²) in [6.07, 6.45) is -8.50. The van der Waals surface area contributed by atoms with Crippen molar-refractivity contribution >= 4 is 49.6 Å². The third kappa shape index (κ3) is 5.06. The van der Waals surface area contributed by atoms with Crippen molar-refractivity contribution in [3.8, 4) is 17.4 Å². The fourth-order valence-electron chi connectivity index (χ4n) is 6.41. The summed E-state index contributed by atoms with van der Waals surface area (Å²) in [5.41, 5.74) is -2.99. The highest BCUT2D eigenvalue weighted by Crippen LogP contribution is 2.45. The highest BCUT2D eigenvalue weighted by molar-refractivity contribution is 6.07. The number of nitrogens with zero attached hydrogens (tertiary/aromatic N) is 6. The van der Waals surface area contributed by atoms with E-state index < -0.39 is 40.3 Å². The van der Waals surface area contributed by atoms with Crippen LogP contribution in [0, 0.1) is 17.9 Å². The third-order valence-corrected chi connectivity index (χ3v) is 8.90. The average molecular weight is 695 g/mol. The molecule has 252 valence electrons. The molecule has 4 aromatic carbocycles. The Morgan fingerprint density at radius 2 is 1.08 bits per heavy atom. The highest BCUT2D eigenvalue weighted by Gasteiger charge is 2.47. The quantitative estimate of drug-likeness (QED) is 0.135. The number of aromatic nitrogens is 4. The fourth-order valence-corrected chi connectivity index (χ4v) is 6.41. The molecule has 0 amide bonds. The van der Waals surface area contributed by atoms with Gasteiger partial charge in [0, 0.05) is 33.9 Å². The molecule has 0 radical (unpaired) electrons. The van der Waals surface area contributed by atoms with Gasteiger partial charge >= 0.3 is 12.4 Å². The summed E-state index contributed by atoms with van der Waals surface area (Å²) in [4.78, 5) is 3.42. The van der Waals surface area contributed by atoms with E-state index in [-0.39, 0.29) is 11.4 Å². The molecular weight excluding hydrogens is 674 g/mol. The van der Waals surface area contributed by atoms with Crippen LogP contribution in [0.1, 0.15) is 41.9 Å².